The zero-order valence-electron chi connectivity index (χ0n) is 12.3. The normalized spacial score (nSPS) is 11.2. The molecule has 2 rings (SSSR count). The Bertz CT molecular complexity index is 537. The molecule has 0 bridgehead atoms. The SMILES string of the molecule is COc1ccc(CN(Cc2cccs2)C(C)C)c(N)c1. The van der Waals surface area contributed by atoms with Gasteiger partial charge in [0.25, 0.3) is 0 Å². The number of hydrogen-bond acceptors (Lipinski definition) is 4. The largest absolute Gasteiger partial charge is 0.497 e. The molecule has 0 amide bonds. The van der Waals surface area contributed by atoms with Crippen LogP contribution in [0.2, 0.25) is 0 Å². The fourth-order valence-electron chi connectivity index (χ4n) is 2.09. The lowest BCUT2D eigenvalue weighted by molar-refractivity contribution is 0.206. The van der Waals surface area contributed by atoms with Gasteiger partial charge in [-0.05, 0) is 36.9 Å². The summed E-state index contributed by atoms with van der Waals surface area (Å²) in [7, 11) is 1.66. The minimum atomic E-state index is 0.471. The molecule has 20 heavy (non-hydrogen) atoms. The fraction of sp³-hybridized carbons (Fsp3) is 0.375. The van der Waals surface area contributed by atoms with Crippen molar-refractivity contribution in [1.82, 2.24) is 4.90 Å². The highest BCUT2D eigenvalue weighted by Crippen LogP contribution is 2.23. The van der Waals surface area contributed by atoms with E-state index >= 15 is 0 Å². The van der Waals surface area contributed by atoms with E-state index in [1.54, 1.807) is 18.4 Å². The van der Waals surface area contributed by atoms with E-state index in [9.17, 15) is 0 Å². The van der Waals surface area contributed by atoms with Gasteiger partial charge in [0.05, 0.1) is 7.11 Å². The predicted octanol–water partition coefficient (Wildman–Crippen LogP) is 3.75. The van der Waals surface area contributed by atoms with Crippen molar-refractivity contribution in [3.63, 3.8) is 0 Å². The number of anilines is 1. The molecule has 0 radical (unpaired) electrons. The molecule has 108 valence electrons. The van der Waals surface area contributed by atoms with Gasteiger partial charge in [-0.3, -0.25) is 4.90 Å². The van der Waals surface area contributed by atoms with Crippen LogP contribution in [0.5, 0.6) is 5.75 Å². The summed E-state index contributed by atoms with van der Waals surface area (Å²) in [5.74, 6) is 0.806. The Kier molecular flexibility index (Phi) is 5.04. The van der Waals surface area contributed by atoms with E-state index in [0.717, 1.165) is 30.1 Å². The molecule has 0 saturated heterocycles. The summed E-state index contributed by atoms with van der Waals surface area (Å²) < 4.78 is 5.20. The first-order chi connectivity index (χ1) is 9.60. The minimum absolute atomic E-state index is 0.471. The molecule has 0 unspecified atom stereocenters. The Hall–Kier alpha value is -1.52. The van der Waals surface area contributed by atoms with E-state index in [1.165, 1.54) is 4.88 Å². The van der Waals surface area contributed by atoms with Crippen LogP contribution < -0.4 is 10.5 Å². The van der Waals surface area contributed by atoms with Crippen LogP contribution in [0.1, 0.15) is 24.3 Å². The van der Waals surface area contributed by atoms with Gasteiger partial charge in [0.15, 0.2) is 0 Å². The maximum absolute atomic E-state index is 6.11. The van der Waals surface area contributed by atoms with Crippen LogP contribution in [0.4, 0.5) is 5.69 Å². The lowest BCUT2D eigenvalue weighted by Crippen LogP contribution is -2.29. The van der Waals surface area contributed by atoms with Crippen molar-refractivity contribution in [2.24, 2.45) is 0 Å². The second-order valence-electron chi connectivity index (χ2n) is 5.14. The Morgan fingerprint density at radius 3 is 2.60 bits per heavy atom. The summed E-state index contributed by atoms with van der Waals surface area (Å²) in [5.41, 5.74) is 8.06. The molecule has 0 fully saturated rings. The first-order valence-electron chi connectivity index (χ1n) is 6.79. The predicted molar refractivity (Wildman–Crippen MR) is 86.1 cm³/mol. The minimum Gasteiger partial charge on any atom is -0.497 e. The maximum Gasteiger partial charge on any atom is 0.120 e. The summed E-state index contributed by atoms with van der Waals surface area (Å²) in [6.45, 7) is 6.24. The highest BCUT2D eigenvalue weighted by molar-refractivity contribution is 7.09. The summed E-state index contributed by atoms with van der Waals surface area (Å²) >= 11 is 1.80. The molecule has 0 saturated carbocycles. The van der Waals surface area contributed by atoms with Crippen molar-refractivity contribution in [2.45, 2.75) is 33.0 Å². The van der Waals surface area contributed by atoms with Crippen LogP contribution in [0.25, 0.3) is 0 Å². The van der Waals surface area contributed by atoms with E-state index in [2.05, 4.69) is 42.3 Å². The quantitative estimate of drug-likeness (QED) is 0.823. The standard InChI is InChI=1S/C16H22N2OS/c1-12(2)18(11-15-5-4-8-20-15)10-13-6-7-14(19-3)9-16(13)17/h4-9,12H,10-11,17H2,1-3H3. The van der Waals surface area contributed by atoms with Gasteiger partial charge in [-0.1, -0.05) is 12.1 Å². The smallest absolute Gasteiger partial charge is 0.120 e. The molecule has 0 aliphatic carbocycles. The zero-order valence-corrected chi connectivity index (χ0v) is 13.1. The zero-order chi connectivity index (χ0) is 14.5. The van der Waals surface area contributed by atoms with Gasteiger partial charge >= 0.3 is 0 Å². The third kappa shape index (κ3) is 3.74. The van der Waals surface area contributed by atoms with Gasteiger partial charge < -0.3 is 10.5 Å². The maximum atomic E-state index is 6.11. The van der Waals surface area contributed by atoms with Crippen molar-refractivity contribution in [3.05, 3.63) is 46.2 Å². The number of rotatable bonds is 6. The number of thiophene rings is 1. The lowest BCUT2D eigenvalue weighted by atomic mass is 10.1. The monoisotopic (exact) mass is 290 g/mol. The number of nitrogen functional groups attached to an aromatic ring is 1. The topological polar surface area (TPSA) is 38.5 Å². The lowest BCUT2D eigenvalue weighted by Gasteiger charge is -2.26. The van der Waals surface area contributed by atoms with E-state index in [1.807, 2.05) is 12.1 Å². The third-order valence-corrected chi connectivity index (χ3v) is 4.26. The molecule has 0 aliphatic heterocycles. The first kappa shape index (κ1) is 14.9. The van der Waals surface area contributed by atoms with Gasteiger partial charge in [0.1, 0.15) is 5.75 Å². The molecule has 2 aromatic rings. The average molecular weight is 290 g/mol. The highest BCUT2D eigenvalue weighted by Gasteiger charge is 2.13. The van der Waals surface area contributed by atoms with Crippen LogP contribution in [0.3, 0.4) is 0 Å². The molecule has 4 heteroatoms. The van der Waals surface area contributed by atoms with E-state index in [4.69, 9.17) is 10.5 Å². The average Bonchev–Trinajstić information content (AvgIpc) is 2.92. The molecule has 2 N–H and O–H groups in total. The second kappa shape index (κ2) is 6.77. The van der Waals surface area contributed by atoms with Gasteiger partial charge in [0.2, 0.25) is 0 Å². The molecule has 3 nitrogen and oxygen atoms in total. The van der Waals surface area contributed by atoms with Crippen LogP contribution >= 0.6 is 11.3 Å². The van der Waals surface area contributed by atoms with E-state index in [0.29, 0.717) is 6.04 Å². The Balaban J connectivity index is 2.11. The molecule has 1 aromatic carbocycles. The second-order valence-corrected chi connectivity index (χ2v) is 6.18. The number of nitrogens with zero attached hydrogens (tertiary/aromatic N) is 1. The van der Waals surface area contributed by atoms with Crippen molar-refractivity contribution < 1.29 is 4.74 Å². The van der Waals surface area contributed by atoms with Gasteiger partial charge in [-0.25, -0.2) is 0 Å². The Morgan fingerprint density at radius 2 is 2.05 bits per heavy atom. The Morgan fingerprint density at radius 1 is 1.25 bits per heavy atom. The van der Waals surface area contributed by atoms with Crippen molar-refractivity contribution >= 4 is 17.0 Å². The summed E-state index contributed by atoms with van der Waals surface area (Å²) in [4.78, 5) is 3.80. The number of hydrogen-bond donors (Lipinski definition) is 1. The van der Waals surface area contributed by atoms with Crippen LogP contribution in [-0.4, -0.2) is 18.1 Å². The molecular weight excluding hydrogens is 268 g/mol. The molecule has 0 aliphatic rings. The number of ether oxygens (including phenoxy) is 1. The van der Waals surface area contributed by atoms with Gasteiger partial charge in [-0.2, -0.15) is 0 Å². The highest BCUT2D eigenvalue weighted by atomic mass is 32.1. The van der Waals surface area contributed by atoms with E-state index in [-0.39, 0.29) is 0 Å². The van der Waals surface area contributed by atoms with Crippen LogP contribution in [0.15, 0.2) is 35.7 Å². The summed E-state index contributed by atoms with van der Waals surface area (Å²) in [5, 5.41) is 2.12. The van der Waals surface area contributed by atoms with E-state index < -0.39 is 0 Å². The summed E-state index contributed by atoms with van der Waals surface area (Å²) in [6, 6.07) is 10.7. The molecular formula is C16H22N2OS. The van der Waals surface area contributed by atoms with Gasteiger partial charge in [0, 0.05) is 35.8 Å². The molecule has 0 spiro atoms. The van der Waals surface area contributed by atoms with Crippen molar-refractivity contribution in [3.8, 4) is 5.75 Å². The number of benzene rings is 1. The summed E-state index contributed by atoms with van der Waals surface area (Å²) in [6.07, 6.45) is 0. The number of nitrogens with two attached hydrogens (primary N) is 1. The van der Waals surface area contributed by atoms with Crippen LogP contribution in [0, 0.1) is 0 Å². The van der Waals surface area contributed by atoms with Crippen molar-refractivity contribution in [1.29, 1.82) is 0 Å². The first-order valence-corrected chi connectivity index (χ1v) is 7.67. The molecule has 0 atom stereocenters. The third-order valence-electron chi connectivity index (χ3n) is 3.40. The van der Waals surface area contributed by atoms with Crippen LogP contribution in [-0.2, 0) is 13.1 Å². The number of methoxy groups -OCH3 is 1. The Labute approximate surface area is 125 Å². The molecule has 1 heterocycles. The van der Waals surface area contributed by atoms with Gasteiger partial charge in [-0.15, -0.1) is 11.3 Å². The fourth-order valence-corrected chi connectivity index (χ4v) is 2.82. The van der Waals surface area contributed by atoms with Crippen molar-refractivity contribution in [2.75, 3.05) is 12.8 Å². The molecule has 1 aromatic heterocycles.